The Hall–Kier alpha value is -2.66. The average molecular weight is 368 g/mol. The average Bonchev–Trinajstić information content (AvgIpc) is 3.20. The van der Waals surface area contributed by atoms with E-state index in [-0.39, 0.29) is 18.5 Å². The Morgan fingerprint density at radius 2 is 1.89 bits per heavy atom. The first kappa shape index (κ1) is 19.1. The standard InChI is InChI=1S/C22H24O5/c1-15-5-6-16(2)20(12-15)21(23)14-27-22(24)17-7-9-18(10-8-17)26-13-19-4-3-11-25-19/h5-10,12,19H,3-4,11,13-14H2,1-2H3. The molecule has 1 unspecified atom stereocenters. The number of hydrogen-bond donors (Lipinski definition) is 0. The van der Waals surface area contributed by atoms with E-state index in [0.29, 0.717) is 23.5 Å². The maximum Gasteiger partial charge on any atom is 0.338 e. The van der Waals surface area contributed by atoms with Crippen molar-refractivity contribution in [3.8, 4) is 5.75 Å². The lowest BCUT2D eigenvalue weighted by molar-refractivity contribution is 0.0474. The fraction of sp³-hybridized carbons (Fsp3) is 0.364. The monoisotopic (exact) mass is 368 g/mol. The second-order valence-corrected chi connectivity index (χ2v) is 6.79. The molecule has 1 atom stereocenters. The van der Waals surface area contributed by atoms with Crippen LogP contribution in [-0.4, -0.2) is 37.7 Å². The van der Waals surface area contributed by atoms with Crippen molar-refractivity contribution in [1.82, 2.24) is 0 Å². The quantitative estimate of drug-likeness (QED) is 0.548. The molecule has 142 valence electrons. The summed E-state index contributed by atoms with van der Waals surface area (Å²) in [7, 11) is 0. The number of benzene rings is 2. The van der Waals surface area contributed by atoms with Gasteiger partial charge in [-0.15, -0.1) is 0 Å². The third-order valence-corrected chi connectivity index (χ3v) is 4.58. The van der Waals surface area contributed by atoms with E-state index in [4.69, 9.17) is 14.2 Å². The van der Waals surface area contributed by atoms with Gasteiger partial charge in [0.25, 0.3) is 0 Å². The largest absolute Gasteiger partial charge is 0.491 e. The van der Waals surface area contributed by atoms with Crippen molar-refractivity contribution in [3.63, 3.8) is 0 Å². The van der Waals surface area contributed by atoms with E-state index in [2.05, 4.69) is 0 Å². The molecule has 1 heterocycles. The van der Waals surface area contributed by atoms with E-state index in [1.54, 1.807) is 24.3 Å². The maximum absolute atomic E-state index is 12.3. The zero-order valence-corrected chi connectivity index (χ0v) is 15.7. The van der Waals surface area contributed by atoms with Gasteiger partial charge in [0.05, 0.1) is 11.7 Å². The lowest BCUT2D eigenvalue weighted by atomic mass is 10.0. The zero-order chi connectivity index (χ0) is 19.2. The highest BCUT2D eigenvalue weighted by molar-refractivity contribution is 6.00. The summed E-state index contributed by atoms with van der Waals surface area (Å²) in [4.78, 5) is 24.5. The third kappa shape index (κ3) is 5.17. The van der Waals surface area contributed by atoms with Gasteiger partial charge in [-0.05, 0) is 62.6 Å². The van der Waals surface area contributed by atoms with Gasteiger partial charge in [-0.25, -0.2) is 4.79 Å². The van der Waals surface area contributed by atoms with Gasteiger partial charge in [0, 0.05) is 12.2 Å². The molecule has 2 aromatic rings. The number of carbonyl (C=O) groups is 2. The molecule has 1 fully saturated rings. The molecule has 0 N–H and O–H groups in total. The minimum absolute atomic E-state index is 0.144. The molecule has 5 nitrogen and oxygen atoms in total. The topological polar surface area (TPSA) is 61.8 Å². The van der Waals surface area contributed by atoms with E-state index in [1.807, 2.05) is 32.0 Å². The van der Waals surface area contributed by atoms with Gasteiger partial charge < -0.3 is 14.2 Å². The molecule has 0 radical (unpaired) electrons. The fourth-order valence-electron chi connectivity index (χ4n) is 2.98. The molecule has 1 aliphatic rings. The van der Waals surface area contributed by atoms with Crippen LogP contribution in [0.1, 0.15) is 44.7 Å². The van der Waals surface area contributed by atoms with Gasteiger partial charge in [-0.1, -0.05) is 17.7 Å². The molecule has 27 heavy (non-hydrogen) atoms. The Kier molecular flexibility index (Phi) is 6.24. The van der Waals surface area contributed by atoms with Crippen LogP contribution in [0.5, 0.6) is 5.75 Å². The van der Waals surface area contributed by atoms with Crippen molar-refractivity contribution in [1.29, 1.82) is 0 Å². The van der Waals surface area contributed by atoms with Crippen LogP contribution in [0.15, 0.2) is 42.5 Å². The van der Waals surface area contributed by atoms with Gasteiger partial charge in [0.15, 0.2) is 6.61 Å². The highest BCUT2D eigenvalue weighted by Gasteiger charge is 2.17. The Morgan fingerprint density at radius 3 is 2.59 bits per heavy atom. The first-order chi connectivity index (χ1) is 13.0. The van der Waals surface area contributed by atoms with Crippen LogP contribution >= 0.6 is 0 Å². The Labute approximate surface area is 159 Å². The molecular weight excluding hydrogens is 344 g/mol. The molecule has 1 saturated heterocycles. The minimum Gasteiger partial charge on any atom is -0.491 e. The molecule has 0 saturated carbocycles. The second kappa shape index (κ2) is 8.82. The van der Waals surface area contributed by atoms with Crippen LogP contribution in [0.3, 0.4) is 0 Å². The van der Waals surface area contributed by atoms with Crippen LogP contribution in [0.4, 0.5) is 0 Å². The first-order valence-corrected chi connectivity index (χ1v) is 9.15. The van der Waals surface area contributed by atoms with Crippen LogP contribution in [-0.2, 0) is 9.47 Å². The number of carbonyl (C=O) groups excluding carboxylic acids is 2. The molecule has 2 aromatic carbocycles. The van der Waals surface area contributed by atoms with Gasteiger partial charge in [0.2, 0.25) is 5.78 Å². The Morgan fingerprint density at radius 1 is 1.11 bits per heavy atom. The number of rotatable bonds is 7. The fourth-order valence-corrected chi connectivity index (χ4v) is 2.98. The molecule has 0 amide bonds. The van der Waals surface area contributed by atoms with Crippen molar-refractivity contribution in [3.05, 3.63) is 64.7 Å². The van der Waals surface area contributed by atoms with E-state index in [9.17, 15) is 9.59 Å². The smallest absolute Gasteiger partial charge is 0.338 e. The molecule has 0 bridgehead atoms. The van der Waals surface area contributed by atoms with E-state index < -0.39 is 5.97 Å². The molecular formula is C22H24O5. The van der Waals surface area contributed by atoms with E-state index >= 15 is 0 Å². The summed E-state index contributed by atoms with van der Waals surface area (Å²) in [6.45, 7) is 4.81. The molecule has 1 aliphatic heterocycles. The molecule has 0 aromatic heterocycles. The van der Waals surface area contributed by atoms with Crippen LogP contribution in [0.2, 0.25) is 0 Å². The van der Waals surface area contributed by atoms with Gasteiger partial charge in [0.1, 0.15) is 12.4 Å². The Bertz CT molecular complexity index is 804. The van der Waals surface area contributed by atoms with E-state index in [1.165, 1.54) is 0 Å². The van der Waals surface area contributed by atoms with Crippen molar-refractivity contribution < 1.29 is 23.8 Å². The summed E-state index contributed by atoms with van der Waals surface area (Å²) >= 11 is 0. The normalized spacial score (nSPS) is 16.1. The second-order valence-electron chi connectivity index (χ2n) is 6.79. The summed E-state index contributed by atoms with van der Waals surface area (Å²) in [6, 6.07) is 12.4. The number of ketones is 1. The van der Waals surface area contributed by atoms with Crippen LogP contribution < -0.4 is 4.74 Å². The predicted molar refractivity (Wildman–Crippen MR) is 101 cm³/mol. The maximum atomic E-state index is 12.3. The van der Waals surface area contributed by atoms with Crippen molar-refractivity contribution in [2.75, 3.05) is 19.8 Å². The minimum atomic E-state index is -0.528. The van der Waals surface area contributed by atoms with Gasteiger partial charge >= 0.3 is 5.97 Å². The summed E-state index contributed by atoms with van der Waals surface area (Å²) in [5.41, 5.74) is 2.83. The molecule has 0 aliphatic carbocycles. The predicted octanol–water partition coefficient (Wildman–Crippen LogP) is 3.90. The lowest BCUT2D eigenvalue weighted by Crippen LogP contribution is -2.16. The van der Waals surface area contributed by atoms with Crippen molar-refractivity contribution in [2.24, 2.45) is 0 Å². The number of Topliss-reactive ketones (excluding diaryl/α,β-unsaturated/α-hetero) is 1. The summed E-state index contributed by atoms with van der Waals surface area (Å²) in [5.74, 6) is -0.0612. The first-order valence-electron chi connectivity index (χ1n) is 9.15. The van der Waals surface area contributed by atoms with Crippen molar-refractivity contribution in [2.45, 2.75) is 32.8 Å². The highest BCUT2D eigenvalue weighted by atomic mass is 16.5. The zero-order valence-electron chi connectivity index (χ0n) is 15.7. The SMILES string of the molecule is Cc1ccc(C)c(C(=O)COC(=O)c2ccc(OCC3CCCO3)cc2)c1. The van der Waals surface area contributed by atoms with Gasteiger partial charge in [-0.3, -0.25) is 4.79 Å². The Balaban J connectivity index is 1.51. The van der Waals surface area contributed by atoms with E-state index in [0.717, 1.165) is 30.6 Å². The number of ether oxygens (including phenoxy) is 3. The summed E-state index contributed by atoms with van der Waals surface area (Å²) in [5, 5.41) is 0. The number of aryl methyl sites for hydroxylation is 2. The summed E-state index contributed by atoms with van der Waals surface area (Å²) < 4.78 is 16.4. The number of hydrogen-bond acceptors (Lipinski definition) is 5. The highest BCUT2D eigenvalue weighted by Crippen LogP contribution is 2.17. The third-order valence-electron chi connectivity index (χ3n) is 4.58. The number of esters is 1. The van der Waals surface area contributed by atoms with Crippen molar-refractivity contribution >= 4 is 11.8 Å². The summed E-state index contributed by atoms with van der Waals surface area (Å²) in [6.07, 6.45) is 2.23. The molecule has 0 spiro atoms. The van der Waals surface area contributed by atoms with Gasteiger partial charge in [-0.2, -0.15) is 0 Å². The molecule has 3 rings (SSSR count). The van der Waals surface area contributed by atoms with Crippen LogP contribution in [0.25, 0.3) is 0 Å². The lowest BCUT2D eigenvalue weighted by Gasteiger charge is -2.11. The van der Waals surface area contributed by atoms with Crippen LogP contribution in [0, 0.1) is 13.8 Å². The molecule has 5 heteroatoms.